The molecular weight excluding hydrogens is 208 g/mol. The van der Waals surface area contributed by atoms with E-state index in [1.54, 1.807) is 0 Å². The Bertz CT molecular complexity index is 451. The van der Waals surface area contributed by atoms with Crippen molar-refractivity contribution < 1.29 is 0 Å². The fourth-order valence-electron chi connectivity index (χ4n) is 1.83. The summed E-state index contributed by atoms with van der Waals surface area (Å²) < 4.78 is 0. The second-order valence-electron chi connectivity index (χ2n) is 4.10. The largest absolute Gasteiger partial charge is 0.313 e. The van der Waals surface area contributed by atoms with E-state index < -0.39 is 0 Å². The molecule has 0 saturated carbocycles. The molecule has 0 radical (unpaired) electrons. The molecule has 0 aliphatic heterocycles. The Morgan fingerprint density at radius 1 is 1.06 bits per heavy atom. The molecule has 0 aliphatic carbocycles. The summed E-state index contributed by atoms with van der Waals surface area (Å²) in [6.07, 6.45) is 2.75. The summed E-state index contributed by atoms with van der Waals surface area (Å²) in [6, 6.07) is 14.7. The second kappa shape index (κ2) is 6.16. The van der Waals surface area contributed by atoms with Crippen LogP contribution in [0.25, 0.3) is 0 Å². The van der Waals surface area contributed by atoms with Crippen molar-refractivity contribution in [3.05, 3.63) is 65.5 Å². The lowest BCUT2D eigenvalue weighted by atomic mass is 10.1. The van der Waals surface area contributed by atoms with Crippen LogP contribution in [0, 0.1) is 0 Å². The Morgan fingerprint density at radius 3 is 2.71 bits per heavy atom. The quantitative estimate of drug-likeness (QED) is 0.848. The van der Waals surface area contributed by atoms with Gasteiger partial charge in [0, 0.05) is 24.9 Å². The molecule has 88 valence electrons. The topological polar surface area (TPSA) is 24.9 Å². The van der Waals surface area contributed by atoms with Crippen molar-refractivity contribution in [1.82, 2.24) is 10.3 Å². The summed E-state index contributed by atoms with van der Waals surface area (Å²) in [4.78, 5) is 4.35. The van der Waals surface area contributed by atoms with E-state index in [9.17, 15) is 0 Å². The fourth-order valence-corrected chi connectivity index (χ4v) is 1.83. The smallest absolute Gasteiger partial charge is 0.0447 e. The molecule has 0 spiro atoms. The van der Waals surface area contributed by atoms with Crippen LogP contribution in [0.15, 0.2) is 48.7 Å². The highest BCUT2D eigenvalue weighted by Crippen LogP contribution is 2.09. The lowest BCUT2D eigenvalue weighted by Crippen LogP contribution is -2.11. The Kier molecular flexibility index (Phi) is 4.28. The Morgan fingerprint density at radius 2 is 1.94 bits per heavy atom. The maximum Gasteiger partial charge on any atom is 0.0447 e. The highest BCUT2D eigenvalue weighted by Gasteiger charge is 1.98. The van der Waals surface area contributed by atoms with Crippen LogP contribution >= 0.6 is 0 Å². The van der Waals surface area contributed by atoms with E-state index in [4.69, 9.17) is 0 Å². The minimum absolute atomic E-state index is 0.904. The van der Waals surface area contributed by atoms with Crippen LogP contribution in [-0.2, 0) is 13.0 Å². The van der Waals surface area contributed by atoms with E-state index in [-0.39, 0.29) is 0 Å². The molecule has 17 heavy (non-hydrogen) atoms. The van der Waals surface area contributed by atoms with E-state index in [1.807, 2.05) is 18.3 Å². The third-order valence-corrected chi connectivity index (χ3v) is 2.68. The lowest BCUT2D eigenvalue weighted by molar-refractivity contribution is 0.726. The fraction of sp³-hybridized carbons (Fsp3) is 0.267. The summed E-state index contributed by atoms with van der Waals surface area (Å²) in [5, 5.41) is 3.34. The predicted octanol–water partition coefficient (Wildman–Crippen LogP) is 2.78. The van der Waals surface area contributed by atoms with Crippen molar-refractivity contribution in [2.75, 3.05) is 6.54 Å². The number of nitrogens with zero attached hydrogens (tertiary/aromatic N) is 1. The lowest BCUT2D eigenvalue weighted by Gasteiger charge is -2.05. The summed E-state index contributed by atoms with van der Waals surface area (Å²) in [5.74, 6) is 0. The van der Waals surface area contributed by atoms with Crippen LogP contribution in [0.2, 0.25) is 0 Å². The highest BCUT2D eigenvalue weighted by atomic mass is 14.8. The maximum atomic E-state index is 4.35. The van der Waals surface area contributed by atoms with Gasteiger partial charge in [-0.1, -0.05) is 37.3 Å². The van der Waals surface area contributed by atoms with E-state index in [0.29, 0.717) is 0 Å². The third kappa shape index (κ3) is 3.68. The van der Waals surface area contributed by atoms with Crippen LogP contribution in [0.3, 0.4) is 0 Å². The molecule has 0 aliphatic rings. The van der Waals surface area contributed by atoms with E-state index >= 15 is 0 Å². The van der Waals surface area contributed by atoms with Gasteiger partial charge in [0.1, 0.15) is 0 Å². The first-order valence-electron chi connectivity index (χ1n) is 6.07. The molecule has 0 saturated heterocycles. The number of rotatable bonds is 5. The molecule has 1 N–H and O–H groups in total. The zero-order chi connectivity index (χ0) is 11.9. The van der Waals surface area contributed by atoms with Crippen LogP contribution < -0.4 is 5.32 Å². The van der Waals surface area contributed by atoms with Gasteiger partial charge < -0.3 is 5.32 Å². The van der Waals surface area contributed by atoms with E-state index in [1.165, 1.54) is 11.1 Å². The first-order valence-corrected chi connectivity index (χ1v) is 6.07. The van der Waals surface area contributed by atoms with Gasteiger partial charge in [-0.25, -0.2) is 0 Å². The van der Waals surface area contributed by atoms with Gasteiger partial charge in [0.05, 0.1) is 0 Å². The summed E-state index contributed by atoms with van der Waals surface area (Å²) in [7, 11) is 0. The molecule has 1 heterocycles. The molecule has 2 heteroatoms. The molecule has 0 amide bonds. The number of aromatic nitrogens is 1. The predicted molar refractivity (Wildman–Crippen MR) is 70.9 cm³/mol. The van der Waals surface area contributed by atoms with E-state index in [2.05, 4.69) is 47.6 Å². The van der Waals surface area contributed by atoms with Gasteiger partial charge in [-0.15, -0.1) is 0 Å². The van der Waals surface area contributed by atoms with Crippen molar-refractivity contribution >= 4 is 0 Å². The third-order valence-electron chi connectivity index (χ3n) is 2.68. The molecule has 2 nitrogen and oxygen atoms in total. The van der Waals surface area contributed by atoms with Gasteiger partial charge >= 0.3 is 0 Å². The molecule has 2 aromatic rings. The van der Waals surface area contributed by atoms with Crippen molar-refractivity contribution in [3.63, 3.8) is 0 Å². The average Bonchev–Trinajstić information content (AvgIpc) is 2.38. The molecular formula is C15H18N2. The molecule has 0 atom stereocenters. The highest BCUT2D eigenvalue weighted by molar-refractivity contribution is 5.27. The van der Waals surface area contributed by atoms with Gasteiger partial charge in [-0.2, -0.15) is 0 Å². The number of hydrogen-bond acceptors (Lipinski definition) is 2. The monoisotopic (exact) mass is 226 g/mol. The van der Waals surface area contributed by atoms with Gasteiger partial charge in [-0.05, 0) is 29.8 Å². The first kappa shape index (κ1) is 11.8. The Labute approximate surface area is 103 Å². The second-order valence-corrected chi connectivity index (χ2v) is 4.10. The number of benzene rings is 1. The van der Waals surface area contributed by atoms with Gasteiger partial charge in [-0.3, -0.25) is 4.98 Å². The average molecular weight is 226 g/mol. The number of hydrogen-bond donors (Lipinski definition) is 1. The maximum absolute atomic E-state index is 4.35. The van der Waals surface area contributed by atoms with Crippen LogP contribution in [-0.4, -0.2) is 11.5 Å². The van der Waals surface area contributed by atoms with Crippen LogP contribution in [0.1, 0.15) is 23.7 Å². The van der Waals surface area contributed by atoms with Crippen molar-refractivity contribution in [2.24, 2.45) is 0 Å². The number of pyridine rings is 1. The Hall–Kier alpha value is -1.67. The number of nitrogens with one attached hydrogen (secondary N) is 1. The van der Waals surface area contributed by atoms with Crippen molar-refractivity contribution in [1.29, 1.82) is 0 Å². The normalized spacial score (nSPS) is 10.4. The zero-order valence-electron chi connectivity index (χ0n) is 10.2. The van der Waals surface area contributed by atoms with Gasteiger partial charge in [0.25, 0.3) is 0 Å². The molecule has 1 aromatic heterocycles. The minimum atomic E-state index is 0.904. The summed E-state index contributed by atoms with van der Waals surface area (Å²) in [5.41, 5.74) is 3.77. The molecule has 0 unspecified atom stereocenters. The SMILES string of the molecule is CCNCc1cccc(Cc2ccccn2)c1. The van der Waals surface area contributed by atoms with Crippen molar-refractivity contribution in [2.45, 2.75) is 19.9 Å². The van der Waals surface area contributed by atoms with Crippen molar-refractivity contribution in [3.8, 4) is 0 Å². The molecule has 0 fully saturated rings. The Balaban J connectivity index is 2.06. The standard InChI is InChI=1S/C15H18N2/c1-2-16-12-14-7-5-6-13(10-14)11-15-8-3-4-9-17-15/h3-10,16H,2,11-12H2,1H3. The summed E-state index contributed by atoms with van der Waals surface area (Å²) >= 11 is 0. The van der Waals surface area contributed by atoms with Crippen LogP contribution in [0.4, 0.5) is 0 Å². The minimum Gasteiger partial charge on any atom is -0.313 e. The molecule has 2 rings (SSSR count). The first-order chi connectivity index (χ1) is 8.38. The summed E-state index contributed by atoms with van der Waals surface area (Å²) in [6.45, 7) is 4.06. The van der Waals surface area contributed by atoms with Crippen LogP contribution in [0.5, 0.6) is 0 Å². The zero-order valence-corrected chi connectivity index (χ0v) is 10.2. The van der Waals surface area contributed by atoms with Gasteiger partial charge in [0.15, 0.2) is 0 Å². The van der Waals surface area contributed by atoms with E-state index in [0.717, 1.165) is 25.2 Å². The molecule has 0 bridgehead atoms. The molecule has 1 aromatic carbocycles. The van der Waals surface area contributed by atoms with Gasteiger partial charge in [0.2, 0.25) is 0 Å².